The Bertz CT molecular complexity index is 3290. The molecule has 0 aliphatic carbocycles. The van der Waals surface area contributed by atoms with Gasteiger partial charge in [-0.15, -0.1) is 0 Å². The molecule has 2 heteroatoms. The molecule has 1 aromatic heterocycles. The minimum absolute atomic E-state index is 0.976. The summed E-state index contributed by atoms with van der Waals surface area (Å²) in [4.78, 5) is 5.05. The molecule has 0 saturated heterocycles. The van der Waals surface area contributed by atoms with Crippen LogP contribution in [0.3, 0.4) is 0 Å². The predicted octanol–water partition coefficient (Wildman–Crippen LogP) is 14.5. The van der Waals surface area contributed by atoms with E-state index in [0.717, 1.165) is 28.0 Å². The fourth-order valence-electron chi connectivity index (χ4n) is 8.91. The Morgan fingerprint density at radius 2 is 0.804 bits per heavy atom. The monoisotopic (exact) mass is 712 g/mol. The van der Waals surface area contributed by atoms with E-state index in [2.05, 4.69) is 206 Å². The van der Waals surface area contributed by atoms with Crippen LogP contribution in [0.4, 0.5) is 0 Å². The molecule has 0 spiro atoms. The average Bonchev–Trinajstić information content (AvgIpc) is 3.60. The highest BCUT2D eigenvalue weighted by atomic mass is 15.1. The standard InChI is InChI=1S/C54H36N2/c1-56-51-32-30-41(34-50(51)55-54(56)39-15-3-2-4-16-39)36-27-25-35(26-28-36)40-29-31-48-49(33-40)53(45-24-12-18-38-14-6-8-20-43(38)45)47-22-10-9-21-46(47)52(48)44-23-11-17-37-13-5-7-19-42(37)44/h2-34H,1H3. The Kier molecular flexibility index (Phi) is 7.43. The molecule has 56 heavy (non-hydrogen) atoms. The number of aryl methyl sites for hydroxylation is 1. The van der Waals surface area contributed by atoms with Gasteiger partial charge >= 0.3 is 0 Å². The lowest BCUT2D eigenvalue weighted by Gasteiger charge is -2.20. The number of rotatable bonds is 5. The van der Waals surface area contributed by atoms with Gasteiger partial charge in [-0.3, -0.25) is 0 Å². The maximum atomic E-state index is 5.05. The van der Waals surface area contributed by atoms with E-state index in [1.165, 1.54) is 82.0 Å². The van der Waals surface area contributed by atoms with Gasteiger partial charge in [-0.2, -0.15) is 0 Å². The van der Waals surface area contributed by atoms with Crippen LogP contribution in [0.5, 0.6) is 0 Å². The van der Waals surface area contributed by atoms with Crippen molar-refractivity contribution in [2.24, 2.45) is 7.05 Å². The summed E-state index contributed by atoms with van der Waals surface area (Å²) in [5.74, 6) is 0.976. The van der Waals surface area contributed by atoms with Crippen LogP contribution >= 0.6 is 0 Å². The van der Waals surface area contributed by atoms with Gasteiger partial charge in [0, 0.05) is 12.6 Å². The van der Waals surface area contributed by atoms with Crippen molar-refractivity contribution in [1.29, 1.82) is 0 Å². The number of benzene rings is 10. The highest BCUT2D eigenvalue weighted by Crippen LogP contribution is 2.47. The van der Waals surface area contributed by atoms with E-state index < -0.39 is 0 Å². The third-order valence-corrected chi connectivity index (χ3v) is 11.6. The minimum atomic E-state index is 0.976. The van der Waals surface area contributed by atoms with E-state index in [1.54, 1.807) is 0 Å². The maximum absolute atomic E-state index is 5.05. The number of fused-ring (bicyclic) bond motifs is 5. The molecule has 1 heterocycles. The fourth-order valence-corrected chi connectivity index (χ4v) is 8.91. The lowest BCUT2D eigenvalue weighted by Crippen LogP contribution is -1.93. The van der Waals surface area contributed by atoms with Gasteiger partial charge in [-0.1, -0.05) is 182 Å². The SMILES string of the molecule is Cn1c(-c2ccccc2)nc2cc(-c3ccc(-c4ccc5c(-c6cccc7ccccc67)c6ccccc6c(-c6cccc7ccccc67)c5c4)cc3)ccc21. The van der Waals surface area contributed by atoms with Crippen LogP contribution in [-0.4, -0.2) is 9.55 Å². The molecule has 0 N–H and O–H groups in total. The fraction of sp³-hybridized carbons (Fsp3) is 0.0185. The molecular formula is C54H36N2. The van der Waals surface area contributed by atoms with Gasteiger partial charge in [-0.25, -0.2) is 4.98 Å². The molecule has 11 aromatic rings. The van der Waals surface area contributed by atoms with Crippen molar-refractivity contribution >= 4 is 54.1 Å². The lowest BCUT2D eigenvalue weighted by atomic mass is 9.83. The Labute approximate surface area is 325 Å². The second-order valence-electron chi connectivity index (χ2n) is 14.8. The van der Waals surface area contributed by atoms with E-state index in [4.69, 9.17) is 4.98 Å². The summed E-state index contributed by atoms with van der Waals surface area (Å²) < 4.78 is 2.18. The van der Waals surface area contributed by atoms with E-state index in [1.807, 2.05) is 6.07 Å². The quantitative estimate of drug-likeness (QED) is 0.162. The zero-order chi connectivity index (χ0) is 37.2. The van der Waals surface area contributed by atoms with Crippen LogP contribution in [0, 0.1) is 0 Å². The van der Waals surface area contributed by atoms with Crippen molar-refractivity contribution in [3.8, 4) is 55.9 Å². The zero-order valence-corrected chi connectivity index (χ0v) is 30.9. The van der Waals surface area contributed by atoms with Gasteiger partial charge in [0.15, 0.2) is 0 Å². The van der Waals surface area contributed by atoms with Crippen LogP contribution in [-0.2, 0) is 7.05 Å². The summed E-state index contributed by atoms with van der Waals surface area (Å²) in [5.41, 5.74) is 13.0. The molecule has 0 amide bonds. The molecule has 0 aliphatic rings. The van der Waals surface area contributed by atoms with Crippen molar-refractivity contribution in [2.45, 2.75) is 0 Å². The summed E-state index contributed by atoms with van der Waals surface area (Å²) >= 11 is 0. The number of hydrogen-bond donors (Lipinski definition) is 0. The molecule has 0 aliphatic heterocycles. The maximum Gasteiger partial charge on any atom is 0.140 e. The molecule has 2 nitrogen and oxygen atoms in total. The molecule has 0 bridgehead atoms. The molecule has 0 saturated carbocycles. The molecular weight excluding hydrogens is 677 g/mol. The van der Waals surface area contributed by atoms with Crippen LogP contribution in [0.2, 0.25) is 0 Å². The van der Waals surface area contributed by atoms with E-state index in [-0.39, 0.29) is 0 Å². The Morgan fingerprint density at radius 3 is 1.43 bits per heavy atom. The highest BCUT2D eigenvalue weighted by molar-refractivity contribution is 6.25. The molecule has 10 aromatic carbocycles. The molecule has 0 fully saturated rings. The zero-order valence-electron chi connectivity index (χ0n) is 30.9. The van der Waals surface area contributed by atoms with Crippen molar-refractivity contribution in [3.63, 3.8) is 0 Å². The predicted molar refractivity (Wildman–Crippen MR) is 238 cm³/mol. The van der Waals surface area contributed by atoms with Crippen molar-refractivity contribution < 1.29 is 0 Å². The van der Waals surface area contributed by atoms with Gasteiger partial charge in [0.05, 0.1) is 11.0 Å². The minimum Gasteiger partial charge on any atom is -0.327 e. The molecule has 0 unspecified atom stereocenters. The smallest absolute Gasteiger partial charge is 0.140 e. The number of aromatic nitrogens is 2. The first-order valence-electron chi connectivity index (χ1n) is 19.3. The average molecular weight is 713 g/mol. The topological polar surface area (TPSA) is 17.8 Å². The Morgan fingerprint density at radius 1 is 0.339 bits per heavy atom. The second kappa shape index (κ2) is 12.9. The van der Waals surface area contributed by atoms with E-state index in [9.17, 15) is 0 Å². The van der Waals surface area contributed by atoms with E-state index >= 15 is 0 Å². The number of nitrogens with zero attached hydrogens (tertiary/aromatic N) is 2. The third-order valence-electron chi connectivity index (χ3n) is 11.6. The van der Waals surface area contributed by atoms with Crippen LogP contribution in [0.25, 0.3) is 110 Å². The van der Waals surface area contributed by atoms with Crippen LogP contribution in [0.15, 0.2) is 200 Å². The normalized spacial score (nSPS) is 11.7. The Hall–Kier alpha value is -7.29. The Balaban J connectivity index is 1.10. The van der Waals surface area contributed by atoms with Crippen LogP contribution < -0.4 is 0 Å². The van der Waals surface area contributed by atoms with Crippen molar-refractivity contribution in [3.05, 3.63) is 200 Å². The van der Waals surface area contributed by atoms with Crippen LogP contribution in [0.1, 0.15) is 0 Å². The summed E-state index contributed by atoms with van der Waals surface area (Å²) in [6.45, 7) is 0. The van der Waals surface area contributed by atoms with E-state index in [0.29, 0.717) is 0 Å². The van der Waals surface area contributed by atoms with Crippen molar-refractivity contribution in [2.75, 3.05) is 0 Å². The number of imidazole rings is 1. The van der Waals surface area contributed by atoms with Gasteiger partial charge in [-0.05, 0) is 106 Å². The highest BCUT2D eigenvalue weighted by Gasteiger charge is 2.20. The molecule has 0 radical (unpaired) electrons. The van der Waals surface area contributed by atoms with Gasteiger partial charge in [0.1, 0.15) is 5.82 Å². The first-order chi connectivity index (χ1) is 27.7. The lowest BCUT2D eigenvalue weighted by molar-refractivity contribution is 0.959. The largest absolute Gasteiger partial charge is 0.327 e. The first-order valence-corrected chi connectivity index (χ1v) is 19.3. The molecule has 11 rings (SSSR count). The third kappa shape index (κ3) is 5.15. The summed E-state index contributed by atoms with van der Waals surface area (Å²) in [5, 5.41) is 10.0. The molecule has 262 valence electrons. The summed E-state index contributed by atoms with van der Waals surface area (Å²) in [6.07, 6.45) is 0. The van der Waals surface area contributed by atoms with Gasteiger partial charge in [0.2, 0.25) is 0 Å². The first kappa shape index (κ1) is 32.2. The number of hydrogen-bond acceptors (Lipinski definition) is 1. The van der Waals surface area contributed by atoms with Gasteiger partial charge in [0.25, 0.3) is 0 Å². The van der Waals surface area contributed by atoms with Gasteiger partial charge < -0.3 is 4.57 Å². The summed E-state index contributed by atoms with van der Waals surface area (Å²) in [7, 11) is 2.09. The van der Waals surface area contributed by atoms with Crippen molar-refractivity contribution in [1.82, 2.24) is 9.55 Å². The summed E-state index contributed by atoms with van der Waals surface area (Å²) in [6, 6.07) is 73.0. The molecule has 0 atom stereocenters. The second-order valence-corrected chi connectivity index (χ2v) is 14.8.